The van der Waals surface area contributed by atoms with E-state index in [2.05, 4.69) is 46.6 Å². The van der Waals surface area contributed by atoms with Crippen LogP contribution in [0.3, 0.4) is 0 Å². The Kier molecular flexibility index (Phi) is 9.98. The minimum Gasteiger partial charge on any atom is -0.744 e. The van der Waals surface area contributed by atoms with E-state index in [1.54, 1.807) is 0 Å². The van der Waals surface area contributed by atoms with Crippen LogP contribution in [0.2, 0.25) is 10.6 Å². The van der Waals surface area contributed by atoms with Crippen LogP contribution in [0.25, 0.3) is 5.57 Å². The number of nitrogens with zero attached hydrogens (tertiary/aromatic N) is 5. The number of unbranched alkanes of at least 4 members (excludes halogenated alkanes) is 2. The molecule has 5 aliphatic heterocycles. The Morgan fingerprint density at radius 3 is 2.29 bits per heavy atom. The van der Waals surface area contributed by atoms with Gasteiger partial charge in [-0.2, -0.15) is 15.0 Å². The summed E-state index contributed by atoms with van der Waals surface area (Å²) in [5, 5.41) is 4.92. The second-order valence-electron chi connectivity index (χ2n) is 15.0. The average molecular weight is 839 g/mol. The van der Waals surface area contributed by atoms with Crippen LogP contribution in [0.15, 0.2) is 40.1 Å². The average Bonchev–Trinajstić information content (AvgIpc) is 3.16. The van der Waals surface area contributed by atoms with E-state index < -0.39 is 25.0 Å². The lowest BCUT2D eigenvalue weighted by molar-refractivity contribution is 0.431. The van der Waals surface area contributed by atoms with Crippen LogP contribution in [0.1, 0.15) is 78.3 Å². The second-order valence-corrected chi connectivity index (χ2v) is 18.8. The molecule has 0 bridgehead atoms. The first kappa shape index (κ1) is 37.7. The summed E-state index contributed by atoms with van der Waals surface area (Å²) in [6, 6.07) is 8.16. The molecule has 0 aliphatic carbocycles. The van der Waals surface area contributed by atoms with Gasteiger partial charge in [-0.1, -0.05) is 12.5 Å². The summed E-state index contributed by atoms with van der Waals surface area (Å²) >= 11 is 11.6. The Morgan fingerprint density at radius 2 is 1.50 bits per heavy atom. The number of aromatic nitrogens is 3. The van der Waals surface area contributed by atoms with E-state index in [4.69, 9.17) is 27.9 Å². The third-order valence-corrected chi connectivity index (χ3v) is 14.2. The van der Waals surface area contributed by atoms with Crippen molar-refractivity contribution in [1.82, 2.24) is 24.2 Å². The molecule has 0 fully saturated rings. The normalized spacial score (nSPS) is 17.1. The predicted molar refractivity (Wildman–Crippen MR) is 212 cm³/mol. The molecule has 0 atom stereocenters. The van der Waals surface area contributed by atoms with Gasteiger partial charge in [0.1, 0.15) is 34.7 Å². The maximum atomic E-state index is 13.6. The fraction of sp³-hybridized carbons (Fsp3) is 0.436. The zero-order valence-electron chi connectivity index (χ0n) is 30.7. The molecule has 56 heavy (non-hydrogen) atoms. The van der Waals surface area contributed by atoms with E-state index in [9.17, 15) is 21.4 Å². The highest BCUT2D eigenvalue weighted by Gasteiger charge is 2.36. The summed E-state index contributed by atoms with van der Waals surface area (Å²) < 4.78 is 79.0. The van der Waals surface area contributed by atoms with Crippen LogP contribution in [0.5, 0.6) is 11.5 Å². The lowest BCUT2D eigenvalue weighted by atomic mass is 9.82. The van der Waals surface area contributed by atoms with Crippen LogP contribution in [0.4, 0.5) is 11.6 Å². The summed E-state index contributed by atoms with van der Waals surface area (Å²) in [6.07, 6.45) is 9.21. The molecule has 294 valence electrons. The summed E-state index contributed by atoms with van der Waals surface area (Å²) in [7, 11) is -9.32. The van der Waals surface area contributed by atoms with Crippen molar-refractivity contribution in [2.45, 2.75) is 80.4 Å². The highest BCUT2D eigenvalue weighted by Crippen LogP contribution is 2.49. The Morgan fingerprint density at radius 1 is 0.786 bits per heavy atom. The number of hydrogen-bond donors (Lipinski definition) is 2. The van der Waals surface area contributed by atoms with Gasteiger partial charge < -0.3 is 19.5 Å². The van der Waals surface area contributed by atoms with Crippen LogP contribution >= 0.6 is 23.2 Å². The van der Waals surface area contributed by atoms with E-state index in [-0.39, 0.29) is 33.5 Å². The summed E-state index contributed by atoms with van der Waals surface area (Å²) in [6.45, 7) is 4.52. The topological polar surface area (TPSA) is 170 Å². The molecule has 9 rings (SSSR count). The van der Waals surface area contributed by atoms with Crippen molar-refractivity contribution in [3.8, 4) is 11.5 Å². The molecule has 4 aromatic rings. The van der Waals surface area contributed by atoms with Crippen molar-refractivity contribution in [2.75, 3.05) is 49.5 Å². The quantitative estimate of drug-likeness (QED) is 0.112. The molecule has 0 spiro atoms. The number of anilines is 2. The number of fused-ring (bicyclic) bond motifs is 4. The molecule has 13 nitrogen and oxygen atoms in total. The van der Waals surface area contributed by atoms with Gasteiger partial charge in [0.05, 0.1) is 15.4 Å². The van der Waals surface area contributed by atoms with Crippen molar-refractivity contribution < 1.29 is 26.1 Å². The van der Waals surface area contributed by atoms with Gasteiger partial charge in [-0.05, 0) is 104 Å². The first-order valence-electron chi connectivity index (χ1n) is 19.3. The fourth-order valence-electron chi connectivity index (χ4n) is 9.21. The standard InChI is InChI=1S/C39H41Cl2N7O6S2/c40-37-44-38(41)46-39(45-37)42-14-2-1-3-15-43-55(49,50)25-12-13-26(31(22-25)56(51,52)53)32-29-20-23-8-4-16-47-18-6-10-27(33(23)47)35(29)54-36-28-11-7-19-48-17-5-9-24(34(28)48)21-30(32)36/h12-13,20-22,43H,1-11,14-19H2,(H-,42,44,45,46,51,52,53). The summed E-state index contributed by atoms with van der Waals surface area (Å²) in [5.74, 6) is 1.67. The zero-order valence-corrected chi connectivity index (χ0v) is 33.8. The summed E-state index contributed by atoms with van der Waals surface area (Å²) in [5.41, 5.74) is 7.37. The van der Waals surface area contributed by atoms with Gasteiger partial charge in [-0.3, -0.25) is 0 Å². The molecule has 0 radical (unpaired) electrons. The number of benzene rings is 3. The van der Waals surface area contributed by atoms with Gasteiger partial charge in [-0.25, -0.2) is 26.1 Å². The minimum absolute atomic E-state index is 0.0251. The molecule has 0 saturated heterocycles. The fourth-order valence-corrected chi connectivity index (χ4v) is 11.5. The van der Waals surface area contributed by atoms with Crippen molar-refractivity contribution in [2.24, 2.45) is 0 Å². The van der Waals surface area contributed by atoms with Gasteiger partial charge in [0.2, 0.25) is 31.9 Å². The van der Waals surface area contributed by atoms with Gasteiger partial charge in [0.15, 0.2) is 0 Å². The van der Waals surface area contributed by atoms with Gasteiger partial charge in [-0.15, -0.1) is 0 Å². The Bertz CT molecular complexity index is 2630. The molecule has 5 aliphatic rings. The Balaban J connectivity index is 1.09. The van der Waals surface area contributed by atoms with E-state index in [1.165, 1.54) is 34.3 Å². The van der Waals surface area contributed by atoms with Crippen LogP contribution in [-0.2, 0) is 45.8 Å². The smallest absolute Gasteiger partial charge is 0.240 e. The SMILES string of the molecule is O=S(=O)([O-])c1cc(S(=O)(=O)NCCCCCNc2nc(Cl)nc(Cl)n2)ccc1C1=c2cc3c4c(c2Oc2c1cc1c5c2CCCN5CCC1)CCC[N+]=4CCC3. The summed E-state index contributed by atoms with van der Waals surface area (Å²) in [4.78, 5) is 13.2. The third kappa shape index (κ3) is 6.93. The van der Waals surface area contributed by atoms with Gasteiger partial charge in [0.25, 0.3) is 0 Å². The molecule has 0 amide bonds. The monoisotopic (exact) mass is 837 g/mol. The molecule has 17 heteroatoms. The number of rotatable bonds is 11. The number of aryl methyl sites for hydroxylation is 2. The minimum atomic E-state index is -5.15. The second kappa shape index (κ2) is 14.8. The molecule has 1 aromatic heterocycles. The molecule has 2 N–H and O–H groups in total. The lowest BCUT2D eigenvalue weighted by Crippen LogP contribution is -2.45. The number of halogens is 2. The zero-order chi connectivity index (χ0) is 38.8. The van der Waals surface area contributed by atoms with Gasteiger partial charge >= 0.3 is 0 Å². The van der Waals surface area contributed by atoms with Crippen molar-refractivity contribution >= 4 is 60.6 Å². The maximum absolute atomic E-state index is 13.6. The number of sulfonamides is 1. The molecule has 3 aromatic carbocycles. The van der Waals surface area contributed by atoms with Crippen LogP contribution < -0.4 is 34.8 Å². The predicted octanol–water partition coefficient (Wildman–Crippen LogP) is 4.08. The van der Waals surface area contributed by atoms with Crippen molar-refractivity contribution in [3.63, 3.8) is 0 Å². The first-order valence-corrected chi connectivity index (χ1v) is 22.9. The first-order chi connectivity index (χ1) is 27.0. The molecular weight excluding hydrogens is 798 g/mol. The number of ether oxygens (including phenoxy) is 1. The maximum Gasteiger partial charge on any atom is 0.240 e. The van der Waals surface area contributed by atoms with Crippen LogP contribution in [-0.4, -0.2) is 75.6 Å². The van der Waals surface area contributed by atoms with Crippen LogP contribution in [0, 0.1) is 0 Å². The number of nitrogens with one attached hydrogen (secondary N) is 2. The highest BCUT2D eigenvalue weighted by molar-refractivity contribution is 7.89. The van der Waals surface area contributed by atoms with Crippen molar-refractivity contribution in [3.05, 3.63) is 84.9 Å². The van der Waals surface area contributed by atoms with E-state index >= 15 is 0 Å². The van der Waals surface area contributed by atoms with E-state index in [0.29, 0.717) is 42.9 Å². The third-order valence-electron chi connectivity index (χ3n) is 11.5. The molecule has 0 unspecified atom stereocenters. The number of hydrogen-bond acceptors (Lipinski definition) is 11. The molecular formula is C39H41Cl2N7O6S2. The Hall–Kier alpha value is -3.86. The van der Waals surface area contributed by atoms with Crippen molar-refractivity contribution in [1.29, 1.82) is 0 Å². The Labute approximate surface area is 335 Å². The van der Waals surface area contributed by atoms with Gasteiger partial charge in [0, 0.05) is 77.8 Å². The largest absolute Gasteiger partial charge is 0.744 e. The lowest BCUT2D eigenvalue weighted by Gasteiger charge is -2.39. The molecule has 0 saturated carbocycles. The van der Waals surface area contributed by atoms with E-state index in [0.717, 1.165) is 106 Å². The molecule has 6 heterocycles. The van der Waals surface area contributed by atoms with E-state index in [1.807, 2.05) is 0 Å². The highest BCUT2D eigenvalue weighted by atomic mass is 35.5.